The Labute approximate surface area is 108 Å². The average molecular weight is 251 g/mol. The molecule has 0 aromatic carbocycles. The van der Waals surface area contributed by atoms with Crippen LogP contribution in [0.4, 0.5) is 5.95 Å². The van der Waals surface area contributed by atoms with E-state index in [0.717, 1.165) is 25.7 Å². The highest BCUT2D eigenvalue weighted by Crippen LogP contribution is 2.25. The second kappa shape index (κ2) is 6.54. The number of nitrogens with one attached hydrogen (secondary N) is 1. The molecule has 0 bridgehead atoms. The molecule has 1 aromatic rings. The first-order chi connectivity index (χ1) is 8.81. The maximum absolute atomic E-state index is 9.21. The van der Waals surface area contributed by atoms with Gasteiger partial charge in [-0.3, -0.25) is 0 Å². The summed E-state index contributed by atoms with van der Waals surface area (Å²) in [6.45, 7) is 2.81. The molecule has 5 heteroatoms. The minimum absolute atomic E-state index is 0.276. The van der Waals surface area contributed by atoms with Crippen molar-refractivity contribution in [2.45, 2.75) is 38.6 Å². The normalized spacial score (nSPS) is 23.7. The topological polar surface area (TPSA) is 67.3 Å². The van der Waals surface area contributed by atoms with E-state index in [1.165, 1.54) is 0 Å². The van der Waals surface area contributed by atoms with Crippen molar-refractivity contribution in [3.05, 3.63) is 12.3 Å². The molecule has 1 fully saturated rings. The molecule has 2 N–H and O–H groups in total. The predicted octanol–water partition coefficient (Wildman–Crippen LogP) is 1.84. The van der Waals surface area contributed by atoms with Crippen LogP contribution in [-0.4, -0.2) is 34.3 Å². The Morgan fingerprint density at radius 2 is 2.39 bits per heavy atom. The van der Waals surface area contributed by atoms with Crippen LogP contribution in [0.25, 0.3) is 0 Å². The third-order valence-electron chi connectivity index (χ3n) is 3.30. The molecule has 2 unspecified atom stereocenters. The van der Waals surface area contributed by atoms with Gasteiger partial charge in [-0.15, -0.1) is 0 Å². The monoisotopic (exact) mass is 251 g/mol. The van der Waals surface area contributed by atoms with Gasteiger partial charge in [-0.1, -0.05) is 6.42 Å². The highest BCUT2D eigenvalue weighted by atomic mass is 16.5. The molecule has 2 rings (SSSR count). The average Bonchev–Trinajstić information content (AvgIpc) is 2.40. The maximum Gasteiger partial charge on any atom is 0.226 e. The number of rotatable bonds is 5. The predicted molar refractivity (Wildman–Crippen MR) is 69.7 cm³/mol. The quantitative estimate of drug-likeness (QED) is 0.835. The van der Waals surface area contributed by atoms with Crippen LogP contribution in [0.1, 0.15) is 32.6 Å². The Balaban J connectivity index is 1.93. The lowest BCUT2D eigenvalue weighted by Gasteiger charge is -2.28. The summed E-state index contributed by atoms with van der Waals surface area (Å²) in [7, 11) is 0. The van der Waals surface area contributed by atoms with Crippen molar-refractivity contribution in [3.8, 4) is 5.88 Å². The summed E-state index contributed by atoms with van der Waals surface area (Å²) in [4.78, 5) is 8.50. The van der Waals surface area contributed by atoms with Crippen molar-refractivity contribution < 1.29 is 9.84 Å². The third kappa shape index (κ3) is 3.57. The molecule has 100 valence electrons. The Bertz CT molecular complexity index is 373. The number of ether oxygens (including phenoxy) is 1. The fourth-order valence-electron chi connectivity index (χ4n) is 2.41. The van der Waals surface area contributed by atoms with Crippen molar-refractivity contribution in [1.82, 2.24) is 9.97 Å². The molecular weight excluding hydrogens is 230 g/mol. The molecule has 0 radical (unpaired) electrons. The number of nitrogens with zero attached hydrogens (tertiary/aromatic N) is 2. The van der Waals surface area contributed by atoms with Gasteiger partial charge in [0.25, 0.3) is 0 Å². The molecule has 1 saturated carbocycles. The van der Waals surface area contributed by atoms with Crippen molar-refractivity contribution >= 4 is 5.95 Å². The van der Waals surface area contributed by atoms with E-state index in [2.05, 4.69) is 15.3 Å². The highest BCUT2D eigenvalue weighted by molar-refractivity contribution is 5.29. The van der Waals surface area contributed by atoms with Crippen LogP contribution in [0.3, 0.4) is 0 Å². The Morgan fingerprint density at radius 3 is 3.17 bits per heavy atom. The SMILES string of the molecule is CCOc1ccnc(NC2CCCC(CO)C2)n1. The lowest BCUT2D eigenvalue weighted by molar-refractivity contribution is 0.184. The van der Waals surface area contributed by atoms with Gasteiger partial charge in [0.2, 0.25) is 11.8 Å². The summed E-state index contributed by atoms with van der Waals surface area (Å²) < 4.78 is 5.35. The zero-order valence-corrected chi connectivity index (χ0v) is 10.8. The van der Waals surface area contributed by atoms with E-state index < -0.39 is 0 Å². The molecule has 1 heterocycles. The first kappa shape index (κ1) is 13.1. The molecule has 1 aliphatic carbocycles. The Hall–Kier alpha value is -1.36. The molecule has 5 nitrogen and oxygen atoms in total. The lowest BCUT2D eigenvalue weighted by Crippen LogP contribution is -2.29. The van der Waals surface area contributed by atoms with Gasteiger partial charge in [0, 0.05) is 24.9 Å². The number of aliphatic hydroxyl groups is 1. The van der Waals surface area contributed by atoms with E-state index in [-0.39, 0.29) is 6.61 Å². The smallest absolute Gasteiger partial charge is 0.226 e. The molecule has 0 amide bonds. The molecule has 0 aliphatic heterocycles. The first-order valence-corrected chi connectivity index (χ1v) is 6.65. The van der Waals surface area contributed by atoms with Gasteiger partial charge < -0.3 is 15.2 Å². The lowest BCUT2D eigenvalue weighted by atomic mass is 9.86. The van der Waals surface area contributed by atoms with Gasteiger partial charge in [0.05, 0.1) is 6.61 Å². The van der Waals surface area contributed by atoms with Crippen molar-refractivity contribution in [2.75, 3.05) is 18.5 Å². The fraction of sp³-hybridized carbons (Fsp3) is 0.692. The summed E-state index contributed by atoms with van der Waals surface area (Å²) in [5.74, 6) is 1.63. The van der Waals surface area contributed by atoms with Gasteiger partial charge in [0.15, 0.2) is 0 Å². The molecule has 1 aliphatic rings. The van der Waals surface area contributed by atoms with E-state index in [4.69, 9.17) is 4.74 Å². The van der Waals surface area contributed by atoms with Crippen LogP contribution < -0.4 is 10.1 Å². The number of aromatic nitrogens is 2. The fourth-order valence-corrected chi connectivity index (χ4v) is 2.41. The molecule has 0 saturated heterocycles. The van der Waals surface area contributed by atoms with Crippen LogP contribution in [0.2, 0.25) is 0 Å². The molecule has 18 heavy (non-hydrogen) atoms. The Kier molecular flexibility index (Phi) is 4.75. The van der Waals surface area contributed by atoms with Crippen LogP contribution in [0, 0.1) is 5.92 Å². The zero-order valence-electron chi connectivity index (χ0n) is 10.8. The Morgan fingerprint density at radius 1 is 1.50 bits per heavy atom. The standard InChI is InChI=1S/C13H21N3O2/c1-2-18-12-6-7-14-13(16-12)15-11-5-3-4-10(8-11)9-17/h6-7,10-11,17H,2-5,8-9H2,1H3,(H,14,15,16). The minimum atomic E-state index is 0.276. The van der Waals surface area contributed by atoms with Gasteiger partial charge >= 0.3 is 0 Å². The van der Waals surface area contributed by atoms with E-state index in [0.29, 0.717) is 30.4 Å². The third-order valence-corrected chi connectivity index (χ3v) is 3.30. The zero-order chi connectivity index (χ0) is 12.8. The highest BCUT2D eigenvalue weighted by Gasteiger charge is 2.21. The van der Waals surface area contributed by atoms with E-state index >= 15 is 0 Å². The van der Waals surface area contributed by atoms with Gasteiger partial charge in [-0.2, -0.15) is 4.98 Å². The van der Waals surface area contributed by atoms with E-state index in [9.17, 15) is 5.11 Å². The van der Waals surface area contributed by atoms with Crippen LogP contribution in [-0.2, 0) is 0 Å². The largest absolute Gasteiger partial charge is 0.478 e. The molecule has 0 spiro atoms. The summed E-state index contributed by atoms with van der Waals surface area (Å²) >= 11 is 0. The van der Waals surface area contributed by atoms with E-state index in [1.54, 1.807) is 12.3 Å². The maximum atomic E-state index is 9.21. The summed E-state index contributed by atoms with van der Waals surface area (Å²) in [5, 5.41) is 12.5. The van der Waals surface area contributed by atoms with Crippen LogP contribution in [0.15, 0.2) is 12.3 Å². The summed E-state index contributed by atoms with van der Waals surface area (Å²) in [6.07, 6.45) is 6.06. The van der Waals surface area contributed by atoms with Crippen LogP contribution >= 0.6 is 0 Å². The van der Waals surface area contributed by atoms with Crippen molar-refractivity contribution in [2.24, 2.45) is 5.92 Å². The van der Waals surface area contributed by atoms with Crippen molar-refractivity contribution in [3.63, 3.8) is 0 Å². The van der Waals surface area contributed by atoms with Gasteiger partial charge in [-0.25, -0.2) is 4.98 Å². The second-order valence-electron chi connectivity index (χ2n) is 4.71. The number of hydrogen-bond acceptors (Lipinski definition) is 5. The number of anilines is 1. The second-order valence-corrected chi connectivity index (χ2v) is 4.71. The van der Waals surface area contributed by atoms with Gasteiger partial charge in [0.1, 0.15) is 0 Å². The van der Waals surface area contributed by atoms with Gasteiger partial charge in [-0.05, 0) is 32.1 Å². The number of aliphatic hydroxyl groups excluding tert-OH is 1. The molecule has 2 atom stereocenters. The molecular formula is C13H21N3O2. The van der Waals surface area contributed by atoms with E-state index in [1.807, 2.05) is 6.92 Å². The molecule has 1 aromatic heterocycles. The summed E-state index contributed by atoms with van der Waals surface area (Å²) in [5.41, 5.74) is 0. The minimum Gasteiger partial charge on any atom is -0.478 e. The van der Waals surface area contributed by atoms with Crippen LogP contribution in [0.5, 0.6) is 5.88 Å². The summed E-state index contributed by atoms with van der Waals surface area (Å²) in [6, 6.07) is 2.11. The van der Waals surface area contributed by atoms with Crippen molar-refractivity contribution in [1.29, 1.82) is 0 Å². The first-order valence-electron chi connectivity index (χ1n) is 6.65. The number of hydrogen-bond donors (Lipinski definition) is 2.